The van der Waals surface area contributed by atoms with Crippen LogP contribution in [0.1, 0.15) is 17.8 Å². The maximum atomic E-state index is 13.4. The fourth-order valence-corrected chi connectivity index (χ4v) is 3.53. The molecule has 158 valence electrons. The molecule has 1 aromatic heterocycles. The molecule has 4 rings (SSSR count). The topological polar surface area (TPSA) is 65.4 Å². The number of nitrogens with zero attached hydrogens (tertiary/aromatic N) is 2. The molecule has 0 unspecified atom stereocenters. The van der Waals surface area contributed by atoms with Crippen molar-refractivity contribution in [3.05, 3.63) is 52.8 Å². The van der Waals surface area contributed by atoms with Gasteiger partial charge in [0.05, 0.1) is 29.3 Å². The molecule has 1 aliphatic rings. The average Bonchev–Trinajstić information content (AvgIpc) is 2.89. The lowest BCUT2D eigenvalue weighted by atomic mass is 10.2. The Balaban J connectivity index is 1.51. The summed E-state index contributed by atoms with van der Waals surface area (Å²) >= 11 is 6.23. The molecule has 2 aromatic carbocycles. The molecule has 0 saturated carbocycles. The lowest BCUT2D eigenvalue weighted by molar-refractivity contribution is -0.147. The van der Waals surface area contributed by atoms with Crippen molar-refractivity contribution in [1.29, 1.82) is 0 Å². The Hall–Kier alpha value is -2.94. The molecule has 0 aliphatic carbocycles. The van der Waals surface area contributed by atoms with E-state index in [1.807, 2.05) is 0 Å². The van der Waals surface area contributed by atoms with E-state index in [1.165, 1.54) is 12.1 Å². The van der Waals surface area contributed by atoms with Crippen LogP contribution in [0, 0.1) is 0 Å². The first-order chi connectivity index (χ1) is 14.3. The number of ether oxygens (including phenoxy) is 2. The number of amides is 1. The highest BCUT2D eigenvalue weighted by molar-refractivity contribution is 6.32. The van der Waals surface area contributed by atoms with Crippen LogP contribution in [0.2, 0.25) is 5.02 Å². The Morgan fingerprint density at radius 1 is 1.20 bits per heavy atom. The minimum absolute atomic E-state index is 0.0726. The summed E-state index contributed by atoms with van der Waals surface area (Å²) in [6.45, 7) is 0.521. The number of carbonyl (C=O) groups excluding carboxylic acids is 1. The third kappa shape index (κ3) is 4.16. The standard InChI is InChI=1S/C20H17ClF3N3O3/c21-13-8-12(9-16-18(13)30-7-3-6-29-16)10-25-17(28)11-27-15-5-2-1-4-14(15)26-19(27)20(22,23)24/h1-2,4-5,8-9H,3,6-7,10-11H2,(H,25,28). The summed E-state index contributed by atoms with van der Waals surface area (Å²) in [7, 11) is 0. The molecule has 0 bridgehead atoms. The van der Waals surface area contributed by atoms with E-state index in [2.05, 4.69) is 10.3 Å². The summed E-state index contributed by atoms with van der Waals surface area (Å²) in [5, 5.41) is 2.97. The molecule has 2 heterocycles. The predicted octanol–water partition coefficient (Wildman–Crippen LogP) is 4.19. The largest absolute Gasteiger partial charge is 0.489 e. The molecule has 0 atom stereocenters. The number of hydrogen-bond donors (Lipinski definition) is 1. The summed E-state index contributed by atoms with van der Waals surface area (Å²) < 4.78 is 52.1. The van der Waals surface area contributed by atoms with E-state index in [1.54, 1.807) is 24.3 Å². The molecule has 1 aliphatic heterocycles. The molecule has 0 spiro atoms. The minimum atomic E-state index is -4.68. The summed E-state index contributed by atoms with van der Waals surface area (Å²) in [6, 6.07) is 9.48. The fraction of sp³-hybridized carbons (Fsp3) is 0.300. The molecule has 1 amide bonds. The Kier molecular flexibility index (Phi) is 5.46. The number of benzene rings is 2. The number of para-hydroxylation sites is 2. The number of halogens is 4. The monoisotopic (exact) mass is 439 g/mol. The Bertz CT molecular complexity index is 1100. The molecule has 0 fully saturated rings. The second kappa shape index (κ2) is 8.06. The lowest BCUT2D eigenvalue weighted by Gasteiger charge is -2.13. The molecular weight excluding hydrogens is 423 g/mol. The van der Waals surface area contributed by atoms with Crippen LogP contribution in [0.5, 0.6) is 11.5 Å². The van der Waals surface area contributed by atoms with Gasteiger partial charge in [-0.2, -0.15) is 13.2 Å². The molecule has 6 nitrogen and oxygen atoms in total. The van der Waals surface area contributed by atoms with Gasteiger partial charge in [-0.3, -0.25) is 4.79 Å². The van der Waals surface area contributed by atoms with Gasteiger partial charge in [-0.25, -0.2) is 4.98 Å². The number of aromatic nitrogens is 2. The van der Waals surface area contributed by atoms with Gasteiger partial charge < -0.3 is 19.4 Å². The van der Waals surface area contributed by atoms with Crippen LogP contribution in [-0.4, -0.2) is 28.7 Å². The van der Waals surface area contributed by atoms with E-state index in [4.69, 9.17) is 21.1 Å². The fourth-order valence-electron chi connectivity index (χ4n) is 3.24. The van der Waals surface area contributed by atoms with E-state index in [9.17, 15) is 18.0 Å². The molecule has 1 N–H and O–H groups in total. The van der Waals surface area contributed by atoms with Crippen LogP contribution in [0.15, 0.2) is 36.4 Å². The second-order valence-electron chi connectivity index (χ2n) is 6.74. The van der Waals surface area contributed by atoms with Gasteiger partial charge in [-0.15, -0.1) is 0 Å². The number of rotatable bonds is 4. The zero-order valence-electron chi connectivity index (χ0n) is 15.6. The van der Waals surface area contributed by atoms with E-state index < -0.39 is 24.5 Å². The van der Waals surface area contributed by atoms with Gasteiger partial charge in [0.2, 0.25) is 11.7 Å². The SMILES string of the molecule is O=C(Cn1c(C(F)(F)F)nc2ccccc21)NCc1cc(Cl)c2c(c1)OCCCO2. The van der Waals surface area contributed by atoms with Gasteiger partial charge in [0.25, 0.3) is 0 Å². The maximum absolute atomic E-state index is 13.4. The van der Waals surface area contributed by atoms with Gasteiger partial charge >= 0.3 is 6.18 Å². The van der Waals surface area contributed by atoms with E-state index in [0.29, 0.717) is 35.3 Å². The smallest absolute Gasteiger partial charge is 0.449 e. The third-order valence-corrected chi connectivity index (χ3v) is 4.84. The summed E-state index contributed by atoms with van der Waals surface area (Å²) in [4.78, 5) is 16.1. The minimum Gasteiger partial charge on any atom is -0.489 e. The molecule has 0 radical (unpaired) electrons. The summed E-state index contributed by atoms with van der Waals surface area (Å²) in [5.74, 6) is -0.780. The molecule has 3 aromatic rings. The van der Waals surface area contributed by atoms with Crippen LogP contribution in [0.25, 0.3) is 11.0 Å². The Morgan fingerprint density at radius 3 is 2.77 bits per heavy atom. The highest BCUT2D eigenvalue weighted by Crippen LogP contribution is 2.38. The number of imidazole rings is 1. The molecule has 10 heteroatoms. The first-order valence-corrected chi connectivity index (χ1v) is 9.58. The van der Waals surface area contributed by atoms with Crippen molar-refractivity contribution < 1.29 is 27.4 Å². The molecule has 30 heavy (non-hydrogen) atoms. The van der Waals surface area contributed by atoms with Crippen LogP contribution in [-0.2, 0) is 24.1 Å². The first-order valence-electron chi connectivity index (χ1n) is 9.20. The van der Waals surface area contributed by atoms with E-state index in [0.717, 1.165) is 11.0 Å². The third-order valence-electron chi connectivity index (χ3n) is 4.56. The predicted molar refractivity (Wildman–Crippen MR) is 104 cm³/mol. The quantitative estimate of drug-likeness (QED) is 0.662. The van der Waals surface area contributed by atoms with Crippen molar-refractivity contribution in [3.63, 3.8) is 0 Å². The normalized spacial score (nSPS) is 13.9. The number of hydrogen-bond acceptors (Lipinski definition) is 4. The number of fused-ring (bicyclic) bond motifs is 2. The van der Waals surface area contributed by atoms with Gasteiger partial charge in [-0.1, -0.05) is 23.7 Å². The number of carbonyl (C=O) groups is 1. The summed E-state index contributed by atoms with van der Waals surface area (Å²) in [5.41, 5.74) is 1.05. The van der Waals surface area contributed by atoms with Gasteiger partial charge in [0.1, 0.15) is 6.54 Å². The summed E-state index contributed by atoms with van der Waals surface area (Å²) in [6.07, 6.45) is -3.96. The second-order valence-corrected chi connectivity index (χ2v) is 7.15. The van der Waals surface area contributed by atoms with Crippen molar-refractivity contribution in [3.8, 4) is 11.5 Å². The Morgan fingerprint density at radius 2 is 1.97 bits per heavy atom. The average molecular weight is 440 g/mol. The first kappa shape index (κ1) is 20.3. The van der Waals surface area contributed by atoms with Crippen LogP contribution in [0.4, 0.5) is 13.2 Å². The van der Waals surface area contributed by atoms with Crippen molar-refractivity contribution in [1.82, 2.24) is 14.9 Å². The Labute approximate surface area is 174 Å². The van der Waals surface area contributed by atoms with Gasteiger partial charge in [0, 0.05) is 13.0 Å². The highest BCUT2D eigenvalue weighted by Gasteiger charge is 2.38. The van der Waals surface area contributed by atoms with Crippen LogP contribution in [0.3, 0.4) is 0 Å². The lowest BCUT2D eigenvalue weighted by Crippen LogP contribution is -2.29. The van der Waals surface area contributed by atoms with Gasteiger partial charge in [-0.05, 0) is 29.8 Å². The van der Waals surface area contributed by atoms with Crippen molar-refractivity contribution >= 4 is 28.5 Å². The zero-order valence-corrected chi connectivity index (χ0v) is 16.4. The van der Waals surface area contributed by atoms with Crippen molar-refractivity contribution in [2.45, 2.75) is 25.7 Å². The number of nitrogens with one attached hydrogen (secondary N) is 1. The van der Waals surface area contributed by atoms with E-state index in [-0.39, 0.29) is 17.6 Å². The highest BCUT2D eigenvalue weighted by atomic mass is 35.5. The zero-order chi connectivity index (χ0) is 21.3. The van der Waals surface area contributed by atoms with Crippen molar-refractivity contribution in [2.24, 2.45) is 0 Å². The van der Waals surface area contributed by atoms with Crippen LogP contribution < -0.4 is 14.8 Å². The van der Waals surface area contributed by atoms with Crippen molar-refractivity contribution in [2.75, 3.05) is 13.2 Å². The van der Waals surface area contributed by atoms with Crippen LogP contribution >= 0.6 is 11.6 Å². The van der Waals surface area contributed by atoms with Gasteiger partial charge in [0.15, 0.2) is 11.5 Å². The van der Waals surface area contributed by atoms with E-state index >= 15 is 0 Å². The molecular formula is C20H17ClF3N3O3. The maximum Gasteiger partial charge on any atom is 0.449 e. The number of alkyl halides is 3. The molecule has 0 saturated heterocycles.